The molecule has 2 aliphatic heterocycles. The molecule has 1 fully saturated rings. The van der Waals surface area contributed by atoms with Crippen LogP contribution in [0.25, 0.3) is 0 Å². The van der Waals surface area contributed by atoms with Crippen molar-refractivity contribution in [3.8, 4) is 5.75 Å². The van der Waals surface area contributed by atoms with Crippen molar-refractivity contribution in [1.29, 1.82) is 0 Å². The Morgan fingerprint density at radius 3 is 2.65 bits per heavy atom. The van der Waals surface area contributed by atoms with E-state index in [1.165, 1.54) is 6.20 Å². The topological polar surface area (TPSA) is 112 Å². The fourth-order valence-corrected chi connectivity index (χ4v) is 4.13. The number of alkyl carbamates (subject to hydrolysis) is 1. The molecule has 3 heterocycles. The highest BCUT2D eigenvalue weighted by Gasteiger charge is 2.37. The van der Waals surface area contributed by atoms with Crippen molar-refractivity contribution in [1.82, 2.24) is 20.0 Å². The highest BCUT2D eigenvalue weighted by Crippen LogP contribution is 2.39. The van der Waals surface area contributed by atoms with Crippen LogP contribution < -0.4 is 10.1 Å². The fraction of sp³-hybridized carbons (Fsp3) is 0.478. The number of carbonyl (C=O) groups excluding carboxylic acids is 3. The molecule has 182 valence electrons. The van der Waals surface area contributed by atoms with Crippen LogP contribution in [0.1, 0.15) is 60.9 Å². The maximum Gasteiger partial charge on any atom is 0.407 e. The van der Waals surface area contributed by atoms with Gasteiger partial charge in [-0.05, 0) is 48.3 Å². The Bertz CT molecular complexity index is 1150. The number of halogens is 1. The van der Waals surface area contributed by atoms with E-state index in [0.29, 0.717) is 40.0 Å². The molecular weight excluding hydrogens is 508 g/mol. The number of ether oxygens (including phenoxy) is 3. The number of amides is 2. The molecule has 0 spiro atoms. The van der Waals surface area contributed by atoms with E-state index in [-0.39, 0.29) is 18.5 Å². The molecule has 0 bridgehead atoms. The number of aromatic nitrogens is 2. The minimum absolute atomic E-state index is 0.154. The molecule has 1 saturated heterocycles. The van der Waals surface area contributed by atoms with Crippen molar-refractivity contribution in [2.45, 2.75) is 58.6 Å². The third-order valence-corrected chi connectivity index (χ3v) is 5.81. The molecule has 2 aliphatic rings. The summed E-state index contributed by atoms with van der Waals surface area (Å²) >= 11 is 3.43. The Balaban J connectivity index is 1.39. The Morgan fingerprint density at radius 2 is 1.97 bits per heavy atom. The van der Waals surface area contributed by atoms with Crippen LogP contribution in [0.5, 0.6) is 5.75 Å². The van der Waals surface area contributed by atoms with Gasteiger partial charge in [0.15, 0.2) is 5.75 Å². The second-order valence-electron chi connectivity index (χ2n) is 9.78. The van der Waals surface area contributed by atoms with Gasteiger partial charge >= 0.3 is 12.1 Å². The molecule has 0 saturated carbocycles. The first-order valence-electron chi connectivity index (χ1n) is 10.9. The Morgan fingerprint density at radius 1 is 1.26 bits per heavy atom. The van der Waals surface area contributed by atoms with Gasteiger partial charge in [0, 0.05) is 33.1 Å². The number of rotatable bonds is 4. The summed E-state index contributed by atoms with van der Waals surface area (Å²) in [7, 11) is 0. The van der Waals surface area contributed by atoms with Crippen LogP contribution in [0.4, 0.5) is 4.79 Å². The summed E-state index contributed by atoms with van der Waals surface area (Å²) in [6.45, 7) is 9.75. The van der Waals surface area contributed by atoms with Crippen molar-refractivity contribution in [3.63, 3.8) is 0 Å². The number of nitrogens with one attached hydrogen (secondary N) is 1. The maximum absolute atomic E-state index is 12.8. The van der Waals surface area contributed by atoms with Crippen LogP contribution in [0.2, 0.25) is 0 Å². The lowest BCUT2D eigenvalue weighted by molar-refractivity contribution is -0.127. The van der Waals surface area contributed by atoms with Gasteiger partial charge in [-0.3, -0.25) is 9.48 Å². The van der Waals surface area contributed by atoms with Gasteiger partial charge in [0.25, 0.3) is 5.91 Å². The van der Waals surface area contributed by atoms with Crippen LogP contribution in [0.15, 0.2) is 29.0 Å². The van der Waals surface area contributed by atoms with Gasteiger partial charge in [0.1, 0.15) is 11.2 Å². The molecule has 10 nitrogen and oxygen atoms in total. The molecule has 34 heavy (non-hydrogen) atoms. The van der Waals surface area contributed by atoms with Crippen molar-refractivity contribution >= 4 is 33.9 Å². The minimum Gasteiger partial charge on any atom is -0.451 e. The van der Waals surface area contributed by atoms with Crippen molar-refractivity contribution in [3.05, 3.63) is 45.7 Å². The third-order valence-electron chi connectivity index (χ3n) is 5.19. The number of fused-ring (bicyclic) bond motifs is 1. The first kappa shape index (κ1) is 24.1. The number of likely N-dealkylation sites (tertiary alicyclic amines) is 1. The molecule has 0 unspecified atom stereocenters. The van der Waals surface area contributed by atoms with Gasteiger partial charge in [0.2, 0.25) is 5.79 Å². The molecular formula is C23H27BrN4O6. The van der Waals surface area contributed by atoms with Crippen molar-refractivity contribution < 1.29 is 28.6 Å². The van der Waals surface area contributed by atoms with Gasteiger partial charge in [-0.2, -0.15) is 5.10 Å². The Labute approximate surface area is 205 Å². The summed E-state index contributed by atoms with van der Waals surface area (Å²) in [5.41, 5.74) is 0.828. The van der Waals surface area contributed by atoms with E-state index in [9.17, 15) is 14.4 Å². The highest BCUT2D eigenvalue weighted by atomic mass is 79.9. The molecule has 2 aromatic rings. The van der Waals surface area contributed by atoms with Crippen molar-refractivity contribution in [2.24, 2.45) is 0 Å². The second-order valence-corrected chi connectivity index (χ2v) is 10.6. The van der Waals surface area contributed by atoms with E-state index < -0.39 is 23.5 Å². The van der Waals surface area contributed by atoms with E-state index in [2.05, 4.69) is 26.3 Å². The number of carbonyl (C=O) groups is 3. The summed E-state index contributed by atoms with van der Waals surface area (Å²) in [6.07, 6.45) is 2.62. The highest BCUT2D eigenvalue weighted by molar-refractivity contribution is 9.10. The van der Waals surface area contributed by atoms with Gasteiger partial charge < -0.3 is 24.4 Å². The van der Waals surface area contributed by atoms with Crippen molar-refractivity contribution in [2.75, 3.05) is 13.1 Å². The molecule has 0 aliphatic carbocycles. The van der Waals surface area contributed by atoms with Gasteiger partial charge in [-0.15, -0.1) is 0 Å². The molecule has 1 N–H and O–H groups in total. The van der Waals surface area contributed by atoms with E-state index in [0.717, 1.165) is 0 Å². The normalized spacial score (nSPS) is 17.2. The quantitative estimate of drug-likeness (QED) is 0.598. The molecule has 2 amide bonds. The third kappa shape index (κ3) is 5.19. The van der Waals surface area contributed by atoms with Crippen LogP contribution in [0, 0.1) is 0 Å². The Kier molecular flexibility index (Phi) is 6.09. The predicted molar refractivity (Wildman–Crippen MR) is 125 cm³/mol. The van der Waals surface area contributed by atoms with Gasteiger partial charge in [-0.1, -0.05) is 6.07 Å². The number of cyclic esters (lactones) is 1. The largest absolute Gasteiger partial charge is 0.451 e. The van der Waals surface area contributed by atoms with E-state index in [1.807, 2.05) is 0 Å². The zero-order chi connectivity index (χ0) is 24.8. The number of hydrogen-bond donors (Lipinski definition) is 1. The second kappa shape index (κ2) is 8.61. The van der Waals surface area contributed by atoms with Gasteiger partial charge in [-0.25, -0.2) is 9.59 Å². The average molecular weight is 535 g/mol. The summed E-state index contributed by atoms with van der Waals surface area (Å²) in [5, 5.41) is 7.04. The summed E-state index contributed by atoms with van der Waals surface area (Å²) < 4.78 is 18.7. The lowest BCUT2D eigenvalue weighted by atomic mass is 10.0. The lowest BCUT2D eigenvalue weighted by Crippen LogP contribution is -2.61. The van der Waals surface area contributed by atoms with E-state index in [4.69, 9.17) is 14.2 Å². The standard InChI is InChI=1S/C23H27BrN4O6/c1-22(2,3)34-21(31)26-15-11-27(12-15)19(29)14-8-25-28(10-14)9-13-6-7-16(24)18-17(13)20(30)33-23(4,5)32-18/h6-8,10,15H,9,11-12H2,1-5H3,(H,26,31). The van der Waals surface area contributed by atoms with Crippen LogP contribution >= 0.6 is 15.9 Å². The molecule has 0 atom stereocenters. The first-order chi connectivity index (χ1) is 15.8. The number of esters is 1. The molecule has 1 aromatic carbocycles. The Hall–Kier alpha value is -3.08. The smallest absolute Gasteiger partial charge is 0.407 e. The van der Waals surface area contributed by atoms with Crippen LogP contribution in [-0.2, 0) is 16.0 Å². The molecule has 0 radical (unpaired) electrons. The SMILES string of the molecule is CC(C)(C)OC(=O)NC1CN(C(=O)c2cnn(Cc3ccc(Br)c4c3C(=O)OC(C)(C)O4)c2)C1. The van der Waals surface area contributed by atoms with Gasteiger partial charge in [0.05, 0.1) is 28.8 Å². The van der Waals surface area contributed by atoms with Crippen LogP contribution in [-0.4, -0.2) is 63.2 Å². The monoisotopic (exact) mass is 534 g/mol. The summed E-state index contributed by atoms with van der Waals surface area (Å²) in [4.78, 5) is 38.9. The first-order valence-corrected chi connectivity index (χ1v) is 11.7. The minimum atomic E-state index is -1.07. The predicted octanol–water partition coefficient (Wildman–Crippen LogP) is 3.33. The lowest BCUT2D eigenvalue weighted by Gasteiger charge is -2.39. The zero-order valence-corrected chi connectivity index (χ0v) is 21.3. The maximum atomic E-state index is 12.8. The van der Waals surface area contributed by atoms with E-state index >= 15 is 0 Å². The molecule has 1 aromatic heterocycles. The zero-order valence-electron chi connectivity index (χ0n) is 19.7. The number of nitrogens with zero attached hydrogens (tertiary/aromatic N) is 3. The molecule has 4 rings (SSSR count). The summed E-state index contributed by atoms with van der Waals surface area (Å²) in [6, 6.07) is 3.44. The molecule has 11 heteroatoms. The number of benzene rings is 1. The number of hydrogen-bond acceptors (Lipinski definition) is 7. The van der Waals surface area contributed by atoms with Crippen LogP contribution in [0.3, 0.4) is 0 Å². The van der Waals surface area contributed by atoms with E-state index in [1.54, 1.807) is 62.5 Å². The fourth-order valence-electron chi connectivity index (χ4n) is 3.72. The summed E-state index contributed by atoms with van der Waals surface area (Å²) in [5.74, 6) is -1.30. The average Bonchev–Trinajstić information content (AvgIpc) is 3.12.